The number of carbonyl (C=O) groups is 1. The van der Waals surface area contributed by atoms with Crippen molar-refractivity contribution in [3.05, 3.63) is 49.8 Å². The van der Waals surface area contributed by atoms with Crippen LogP contribution in [0.2, 0.25) is 0 Å². The number of fused-ring (bicyclic) bond motifs is 1. The maximum atomic E-state index is 12.4. The number of carbonyl (C=O) groups excluding carboxylic acids is 1. The molecule has 6 heteroatoms. The Morgan fingerprint density at radius 3 is 2.77 bits per heavy atom. The van der Waals surface area contributed by atoms with Crippen molar-refractivity contribution in [1.82, 2.24) is 0 Å². The molecular weight excluding hydrogens is 364 g/mol. The van der Waals surface area contributed by atoms with Crippen LogP contribution in [-0.2, 0) is 17.6 Å². The molecule has 0 saturated heterocycles. The molecule has 0 aliphatic heterocycles. The fourth-order valence-electron chi connectivity index (χ4n) is 3.12. The summed E-state index contributed by atoms with van der Waals surface area (Å²) in [5.74, 6) is 0.405. The molecule has 2 aromatic rings. The van der Waals surface area contributed by atoms with Crippen molar-refractivity contribution < 1.29 is 9.53 Å². The first-order valence-electron chi connectivity index (χ1n) is 8.58. The molecule has 3 rings (SSSR count). The highest BCUT2D eigenvalue weighted by Crippen LogP contribution is 2.34. The summed E-state index contributed by atoms with van der Waals surface area (Å²) in [7, 11) is 0. The van der Waals surface area contributed by atoms with Gasteiger partial charge < -0.3 is 10.1 Å². The van der Waals surface area contributed by atoms with Crippen LogP contribution in [0.5, 0.6) is 5.75 Å². The molecular formula is C20H20N2O2S2. The van der Waals surface area contributed by atoms with Crippen molar-refractivity contribution in [2.24, 2.45) is 0 Å². The molecule has 0 spiro atoms. The highest BCUT2D eigenvalue weighted by Gasteiger charge is 2.20. The lowest BCUT2D eigenvalue weighted by molar-refractivity contribution is -0.118. The van der Waals surface area contributed by atoms with E-state index in [4.69, 9.17) is 17.0 Å². The third-order valence-corrected chi connectivity index (χ3v) is 5.94. The lowest BCUT2D eigenvalue weighted by Gasteiger charge is -2.19. The van der Waals surface area contributed by atoms with E-state index in [1.165, 1.54) is 11.3 Å². The van der Waals surface area contributed by atoms with Crippen LogP contribution in [0.4, 0.5) is 5.00 Å². The number of ether oxygens (including phenoxy) is 1. The zero-order valence-electron chi connectivity index (χ0n) is 14.8. The van der Waals surface area contributed by atoms with Gasteiger partial charge in [-0.1, -0.05) is 24.4 Å². The number of hydrogen-bond acceptors (Lipinski definition) is 5. The molecule has 0 fully saturated rings. The van der Waals surface area contributed by atoms with Gasteiger partial charge >= 0.3 is 0 Å². The summed E-state index contributed by atoms with van der Waals surface area (Å²) in [5, 5.41) is 13.0. The summed E-state index contributed by atoms with van der Waals surface area (Å²) >= 11 is 6.79. The average molecular weight is 385 g/mol. The molecule has 0 atom stereocenters. The van der Waals surface area contributed by atoms with Crippen LogP contribution in [0.15, 0.2) is 18.2 Å². The average Bonchev–Trinajstić information content (AvgIpc) is 2.63. The number of nitrogens with zero attached hydrogens (tertiary/aromatic N) is 1. The minimum atomic E-state index is -0.288. The first-order chi connectivity index (χ1) is 12.5. The van der Waals surface area contributed by atoms with Gasteiger partial charge in [0.2, 0.25) is 0 Å². The number of hydrogen-bond donors (Lipinski definition) is 1. The fraction of sp³-hybridized carbons (Fsp3) is 0.350. The second-order valence-electron chi connectivity index (χ2n) is 6.48. The van der Waals surface area contributed by atoms with E-state index in [-0.39, 0.29) is 12.5 Å². The molecule has 4 nitrogen and oxygen atoms in total. The van der Waals surface area contributed by atoms with Crippen LogP contribution in [-0.4, -0.2) is 12.5 Å². The minimum Gasteiger partial charge on any atom is -0.483 e. The molecule has 1 amide bonds. The number of benzene rings is 1. The minimum absolute atomic E-state index is 0.105. The quantitative estimate of drug-likeness (QED) is 0.765. The van der Waals surface area contributed by atoms with Gasteiger partial charge in [0.1, 0.15) is 16.8 Å². The van der Waals surface area contributed by atoms with Gasteiger partial charge in [-0.3, -0.25) is 4.79 Å². The standard InChI is InChI=1S/C20H20N2O2S2/c1-12-7-8-13(2)17(9-12)24-11-18(23)22-19-16(10-21)14-5-3-4-6-15(14)20(25)26-19/h7-9H,3-6,11H2,1-2H3,(H,22,23). The molecule has 1 aromatic heterocycles. The van der Waals surface area contributed by atoms with E-state index in [0.717, 1.165) is 51.8 Å². The van der Waals surface area contributed by atoms with Crippen molar-refractivity contribution in [2.75, 3.05) is 11.9 Å². The van der Waals surface area contributed by atoms with Crippen LogP contribution >= 0.6 is 23.6 Å². The zero-order valence-corrected chi connectivity index (χ0v) is 16.5. The van der Waals surface area contributed by atoms with Gasteiger partial charge in [-0.2, -0.15) is 5.26 Å². The van der Waals surface area contributed by atoms with E-state index in [1.54, 1.807) is 0 Å². The van der Waals surface area contributed by atoms with Crippen LogP contribution < -0.4 is 10.1 Å². The van der Waals surface area contributed by atoms with Gasteiger partial charge in [0, 0.05) is 0 Å². The van der Waals surface area contributed by atoms with E-state index in [9.17, 15) is 10.1 Å². The van der Waals surface area contributed by atoms with Gasteiger partial charge in [-0.25, -0.2) is 0 Å². The summed E-state index contributed by atoms with van der Waals surface area (Å²) in [6, 6.07) is 8.13. The Kier molecular flexibility index (Phi) is 5.70. The highest BCUT2D eigenvalue weighted by molar-refractivity contribution is 7.73. The largest absolute Gasteiger partial charge is 0.483 e. The molecule has 134 valence electrons. The Morgan fingerprint density at radius 2 is 2.04 bits per heavy atom. The Labute approximate surface area is 162 Å². The third kappa shape index (κ3) is 3.95. The SMILES string of the molecule is Cc1ccc(C)c(OCC(=O)Nc2sc(=S)c3c(c2C#N)CCCC3)c1. The summed E-state index contributed by atoms with van der Waals surface area (Å²) in [5.41, 5.74) is 4.72. The van der Waals surface area contributed by atoms with Crippen LogP contribution in [0, 0.1) is 29.0 Å². The summed E-state index contributed by atoms with van der Waals surface area (Å²) in [4.78, 5) is 12.4. The number of anilines is 1. The molecule has 1 aliphatic rings. The van der Waals surface area contributed by atoms with E-state index >= 15 is 0 Å². The third-order valence-electron chi connectivity index (χ3n) is 4.50. The lowest BCUT2D eigenvalue weighted by Crippen LogP contribution is -2.21. The predicted octanol–water partition coefficient (Wildman–Crippen LogP) is 4.86. The van der Waals surface area contributed by atoms with Crippen molar-refractivity contribution in [2.45, 2.75) is 39.5 Å². The number of amides is 1. The van der Waals surface area contributed by atoms with Gasteiger partial charge in [0.25, 0.3) is 5.91 Å². The van der Waals surface area contributed by atoms with Crippen molar-refractivity contribution in [3.63, 3.8) is 0 Å². The second-order valence-corrected chi connectivity index (χ2v) is 8.16. The van der Waals surface area contributed by atoms with Crippen LogP contribution in [0.25, 0.3) is 0 Å². The Hall–Kier alpha value is -2.23. The van der Waals surface area contributed by atoms with Gasteiger partial charge in [0.05, 0.1) is 9.39 Å². The molecule has 0 saturated carbocycles. The first kappa shape index (κ1) is 18.6. The van der Waals surface area contributed by atoms with E-state index in [2.05, 4.69) is 11.4 Å². The predicted molar refractivity (Wildman–Crippen MR) is 107 cm³/mol. The number of nitrogens with one attached hydrogen (secondary N) is 1. The maximum Gasteiger partial charge on any atom is 0.262 e. The first-order valence-corrected chi connectivity index (χ1v) is 9.81. The van der Waals surface area contributed by atoms with Gasteiger partial charge in [-0.15, -0.1) is 11.3 Å². The highest BCUT2D eigenvalue weighted by atomic mass is 32.1. The number of rotatable bonds is 4. The Balaban J connectivity index is 1.77. The molecule has 26 heavy (non-hydrogen) atoms. The normalized spacial score (nSPS) is 12.8. The molecule has 0 radical (unpaired) electrons. The van der Waals surface area contributed by atoms with Crippen molar-refractivity contribution in [1.29, 1.82) is 5.26 Å². The van der Waals surface area contributed by atoms with Crippen molar-refractivity contribution >= 4 is 34.5 Å². The van der Waals surface area contributed by atoms with Gasteiger partial charge in [-0.05, 0) is 67.9 Å². The molecule has 1 N–H and O–H groups in total. The second kappa shape index (κ2) is 7.98. The molecule has 1 heterocycles. The van der Waals surface area contributed by atoms with E-state index in [1.807, 2.05) is 32.0 Å². The smallest absolute Gasteiger partial charge is 0.262 e. The monoisotopic (exact) mass is 384 g/mol. The molecule has 0 unspecified atom stereocenters. The lowest BCUT2D eigenvalue weighted by atomic mass is 9.91. The van der Waals surface area contributed by atoms with Crippen molar-refractivity contribution in [3.8, 4) is 11.8 Å². The molecule has 1 aromatic carbocycles. The maximum absolute atomic E-state index is 12.4. The number of nitriles is 1. The summed E-state index contributed by atoms with van der Waals surface area (Å²) < 4.78 is 6.42. The summed E-state index contributed by atoms with van der Waals surface area (Å²) in [6.45, 7) is 3.81. The van der Waals surface area contributed by atoms with Crippen LogP contribution in [0.1, 0.15) is 40.7 Å². The zero-order chi connectivity index (χ0) is 18.7. The number of aryl methyl sites for hydroxylation is 2. The van der Waals surface area contributed by atoms with Crippen LogP contribution in [0.3, 0.4) is 0 Å². The van der Waals surface area contributed by atoms with E-state index in [0.29, 0.717) is 16.3 Å². The Morgan fingerprint density at radius 1 is 1.31 bits per heavy atom. The molecule has 0 bridgehead atoms. The topological polar surface area (TPSA) is 62.1 Å². The summed E-state index contributed by atoms with van der Waals surface area (Å²) in [6.07, 6.45) is 3.92. The van der Waals surface area contributed by atoms with Gasteiger partial charge in [0.15, 0.2) is 6.61 Å². The van der Waals surface area contributed by atoms with E-state index < -0.39 is 0 Å². The molecule has 1 aliphatic carbocycles. The Bertz CT molecular complexity index is 958. The fourth-order valence-corrected chi connectivity index (χ4v) is 4.57.